The van der Waals surface area contributed by atoms with Crippen LogP contribution in [0.4, 0.5) is 0 Å². The first-order valence-electron chi connectivity index (χ1n) is 6.01. The fourth-order valence-corrected chi connectivity index (χ4v) is 3.73. The van der Waals surface area contributed by atoms with Gasteiger partial charge in [0.2, 0.25) is 10.0 Å². The molecule has 1 heterocycles. The van der Waals surface area contributed by atoms with Crippen LogP contribution < -0.4 is 5.32 Å². The lowest BCUT2D eigenvalue weighted by atomic mass is 10.1. The molecule has 1 N–H and O–H groups in total. The summed E-state index contributed by atoms with van der Waals surface area (Å²) in [6, 6.07) is 7.20. The van der Waals surface area contributed by atoms with E-state index in [1.54, 1.807) is 17.3 Å². The molecule has 1 aromatic rings. The Morgan fingerprint density at radius 2 is 2.11 bits per heavy atom. The van der Waals surface area contributed by atoms with Crippen molar-refractivity contribution in [2.45, 2.75) is 13.0 Å². The Morgan fingerprint density at radius 3 is 2.74 bits per heavy atom. The van der Waals surface area contributed by atoms with E-state index in [1.807, 2.05) is 18.2 Å². The van der Waals surface area contributed by atoms with Crippen molar-refractivity contribution in [3.63, 3.8) is 0 Å². The largest absolute Gasteiger partial charge is 0.313 e. The highest BCUT2D eigenvalue weighted by atomic mass is 35.5. The smallest absolute Gasteiger partial charge is 0.214 e. The summed E-state index contributed by atoms with van der Waals surface area (Å²) in [5, 5.41) is 3.84. The third-order valence-corrected chi connectivity index (χ3v) is 5.41. The first-order chi connectivity index (χ1) is 8.56. The van der Waals surface area contributed by atoms with Gasteiger partial charge in [-0.3, -0.25) is 0 Å². The van der Waals surface area contributed by atoms with Crippen LogP contribution in [-0.2, 0) is 10.0 Å². The maximum absolute atomic E-state index is 12.1. The molecular weight excluding hydrogens is 307 g/mol. The maximum Gasteiger partial charge on any atom is 0.214 e. The number of halogens is 2. The molecule has 19 heavy (non-hydrogen) atoms. The third kappa shape index (κ3) is 3.61. The minimum atomic E-state index is -3.20. The number of piperazine rings is 1. The molecule has 0 aromatic heterocycles. The average Bonchev–Trinajstić information content (AvgIpc) is 2.39. The second-order valence-electron chi connectivity index (χ2n) is 4.25. The molecule has 1 aromatic carbocycles. The van der Waals surface area contributed by atoms with E-state index in [9.17, 15) is 8.42 Å². The molecule has 0 spiro atoms. The molecule has 1 aliphatic rings. The number of nitrogens with one attached hydrogen (secondary N) is 1. The predicted octanol–water partition coefficient (Wildman–Crippen LogP) is 2.06. The summed E-state index contributed by atoms with van der Waals surface area (Å²) in [5.41, 5.74) is 0.864. The SMILES string of the molecule is CCS(=O)(=O)N1CCNCC1c1ccccc1Cl.Cl. The Bertz CT molecular complexity index is 522. The number of hydrogen-bond acceptors (Lipinski definition) is 3. The zero-order chi connectivity index (χ0) is 13.2. The molecule has 2 rings (SSSR count). The lowest BCUT2D eigenvalue weighted by molar-refractivity contribution is 0.272. The van der Waals surface area contributed by atoms with Gasteiger partial charge in [-0.2, -0.15) is 4.31 Å². The summed E-state index contributed by atoms with van der Waals surface area (Å²) in [7, 11) is -3.20. The molecule has 4 nitrogen and oxygen atoms in total. The lowest BCUT2D eigenvalue weighted by Gasteiger charge is -2.35. The molecule has 1 unspecified atom stereocenters. The van der Waals surface area contributed by atoms with E-state index in [1.165, 1.54) is 0 Å². The molecule has 1 aliphatic heterocycles. The predicted molar refractivity (Wildman–Crippen MR) is 80.5 cm³/mol. The van der Waals surface area contributed by atoms with Gasteiger partial charge in [0, 0.05) is 24.7 Å². The molecular formula is C12H18Cl2N2O2S. The number of nitrogens with zero attached hydrogens (tertiary/aromatic N) is 1. The van der Waals surface area contributed by atoms with Crippen LogP contribution in [0.1, 0.15) is 18.5 Å². The molecule has 0 amide bonds. The van der Waals surface area contributed by atoms with Crippen LogP contribution in [0.25, 0.3) is 0 Å². The fraction of sp³-hybridized carbons (Fsp3) is 0.500. The van der Waals surface area contributed by atoms with Crippen LogP contribution in [0.3, 0.4) is 0 Å². The quantitative estimate of drug-likeness (QED) is 0.925. The molecule has 0 saturated carbocycles. The second kappa shape index (κ2) is 6.90. The van der Waals surface area contributed by atoms with Crippen molar-refractivity contribution in [2.24, 2.45) is 0 Å². The van der Waals surface area contributed by atoms with Crippen LogP contribution in [0.2, 0.25) is 5.02 Å². The van der Waals surface area contributed by atoms with Crippen molar-refractivity contribution in [1.29, 1.82) is 0 Å². The Hall–Kier alpha value is -0.330. The van der Waals surface area contributed by atoms with Crippen molar-refractivity contribution < 1.29 is 8.42 Å². The summed E-state index contributed by atoms with van der Waals surface area (Å²) in [6.45, 7) is 3.44. The van der Waals surface area contributed by atoms with Gasteiger partial charge in [0.05, 0.1) is 11.8 Å². The second-order valence-corrected chi connectivity index (χ2v) is 6.87. The highest BCUT2D eigenvalue weighted by Crippen LogP contribution is 2.30. The number of rotatable bonds is 3. The van der Waals surface area contributed by atoms with E-state index in [4.69, 9.17) is 11.6 Å². The molecule has 7 heteroatoms. The van der Waals surface area contributed by atoms with E-state index in [0.29, 0.717) is 24.7 Å². The number of sulfonamides is 1. The summed E-state index contributed by atoms with van der Waals surface area (Å²) >= 11 is 6.17. The van der Waals surface area contributed by atoms with Crippen LogP contribution in [-0.4, -0.2) is 38.1 Å². The summed E-state index contributed by atoms with van der Waals surface area (Å²) in [5.74, 6) is 0.119. The zero-order valence-corrected chi connectivity index (χ0v) is 13.1. The van der Waals surface area contributed by atoms with E-state index < -0.39 is 10.0 Å². The third-order valence-electron chi connectivity index (χ3n) is 3.18. The fourth-order valence-electron chi connectivity index (χ4n) is 2.19. The van der Waals surface area contributed by atoms with Crippen LogP contribution in [0, 0.1) is 0 Å². The van der Waals surface area contributed by atoms with Crippen LogP contribution in [0.15, 0.2) is 24.3 Å². The van der Waals surface area contributed by atoms with E-state index >= 15 is 0 Å². The normalized spacial score (nSPS) is 20.8. The van der Waals surface area contributed by atoms with Gasteiger partial charge in [-0.15, -0.1) is 12.4 Å². The molecule has 1 atom stereocenters. The Balaban J connectivity index is 0.00000180. The van der Waals surface area contributed by atoms with Gasteiger partial charge in [-0.1, -0.05) is 29.8 Å². The summed E-state index contributed by atoms with van der Waals surface area (Å²) in [4.78, 5) is 0. The van der Waals surface area contributed by atoms with E-state index in [2.05, 4.69) is 5.32 Å². The molecule has 0 radical (unpaired) electrons. The van der Waals surface area contributed by atoms with Gasteiger partial charge < -0.3 is 5.32 Å². The molecule has 108 valence electrons. The Labute approximate surface area is 125 Å². The van der Waals surface area contributed by atoms with Gasteiger partial charge in [0.1, 0.15) is 0 Å². The number of benzene rings is 1. The van der Waals surface area contributed by atoms with Gasteiger partial charge in [-0.25, -0.2) is 8.42 Å². The first kappa shape index (κ1) is 16.7. The van der Waals surface area contributed by atoms with Crippen molar-refractivity contribution >= 4 is 34.0 Å². The van der Waals surface area contributed by atoms with Crippen molar-refractivity contribution in [3.8, 4) is 0 Å². The zero-order valence-electron chi connectivity index (χ0n) is 10.7. The minimum absolute atomic E-state index is 0. The van der Waals surface area contributed by atoms with E-state index in [-0.39, 0.29) is 24.2 Å². The molecule has 0 aliphatic carbocycles. The first-order valence-corrected chi connectivity index (χ1v) is 7.99. The highest BCUT2D eigenvalue weighted by molar-refractivity contribution is 7.89. The number of hydrogen-bond donors (Lipinski definition) is 1. The average molecular weight is 325 g/mol. The van der Waals surface area contributed by atoms with Gasteiger partial charge in [0.25, 0.3) is 0 Å². The monoisotopic (exact) mass is 324 g/mol. The van der Waals surface area contributed by atoms with E-state index in [0.717, 1.165) is 5.56 Å². The summed E-state index contributed by atoms with van der Waals surface area (Å²) in [6.07, 6.45) is 0. The minimum Gasteiger partial charge on any atom is -0.313 e. The highest BCUT2D eigenvalue weighted by Gasteiger charge is 2.32. The van der Waals surface area contributed by atoms with Gasteiger partial charge in [0.15, 0.2) is 0 Å². The Kier molecular flexibility index (Phi) is 6.08. The summed E-state index contributed by atoms with van der Waals surface area (Å²) < 4.78 is 25.8. The Morgan fingerprint density at radius 1 is 1.42 bits per heavy atom. The van der Waals surface area contributed by atoms with Gasteiger partial charge >= 0.3 is 0 Å². The standard InChI is InChI=1S/C12H17ClN2O2S.ClH/c1-2-18(16,17)15-8-7-14-9-12(15)10-5-3-4-6-11(10)13;/h3-6,12,14H,2,7-9H2,1H3;1H. The lowest BCUT2D eigenvalue weighted by Crippen LogP contribution is -2.49. The maximum atomic E-state index is 12.1. The molecule has 1 fully saturated rings. The molecule has 0 bridgehead atoms. The van der Waals surface area contributed by atoms with Crippen LogP contribution in [0.5, 0.6) is 0 Å². The molecule has 1 saturated heterocycles. The van der Waals surface area contributed by atoms with Gasteiger partial charge in [-0.05, 0) is 18.6 Å². The van der Waals surface area contributed by atoms with Crippen molar-refractivity contribution in [2.75, 3.05) is 25.4 Å². The van der Waals surface area contributed by atoms with Crippen LogP contribution >= 0.6 is 24.0 Å². The van der Waals surface area contributed by atoms with Crippen molar-refractivity contribution in [3.05, 3.63) is 34.9 Å². The topological polar surface area (TPSA) is 49.4 Å². The van der Waals surface area contributed by atoms with Crippen molar-refractivity contribution in [1.82, 2.24) is 9.62 Å².